The molecule has 1 heterocycles. The summed E-state index contributed by atoms with van der Waals surface area (Å²) in [5.41, 5.74) is 6.36. The molecule has 0 aliphatic carbocycles. The lowest BCUT2D eigenvalue weighted by Crippen LogP contribution is -2.02. The molecule has 3 aromatic rings. The molecule has 0 radical (unpaired) electrons. The SMILES string of the molecule is CCCCCNc1cc(CCCC)cc2cc(-c3ccccc3)[nH]c12. The van der Waals surface area contributed by atoms with Gasteiger partial charge in [-0.15, -0.1) is 0 Å². The van der Waals surface area contributed by atoms with Crippen LogP contribution in [0.3, 0.4) is 0 Å². The second kappa shape index (κ2) is 8.75. The predicted molar refractivity (Wildman–Crippen MR) is 110 cm³/mol. The molecule has 0 saturated heterocycles. The second-order valence-corrected chi connectivity index (χ2v) is 6.89. The number of hydrogen-bond donors (Lipinski definition) is 2. The summed E-state index contributed by atoms with van der Waals surface area (Å²) >= 11 is 0. The highest BCUT2D eigenvalue weighted by Crippen LogP contribution is 2.31. The van der Waals surface area contributed by atoms with Gasteiger partial charge in [-0.1, -0.05) is 63.4 Å². The number of hydrogen-bond acceptors (Lipinski definition) is 1. The molecule has 1 aromatic heterocycles. The zero-order chi connectivity index (χ0) is 17.5. The molecule has 0 aliphatic rings. The standard InChI is InChI=1S/C23H30N2/c1-3-5-10-14-24-22-16-18(11-6-4-2)15-20-17-21(25-23(20)22)19-12-8-7-9-13-19/h7-9,12-13,15-17,24-25H,3-6,10-11,14H2,1-2H3. The number of H-pyrrole nitrogens is 1. The molecule has 0 unspecified atom stereocenters. The van der Waals surface area contributed by atoms with Gasteiger partial charge in [-0.25, -0.2) is 0 Å². The van der Waals surface area contributed by atoms with Crippen LogP contribution in [0.5, 0.6) is 0 Å². The number of unbranched alkanes of at least 4 members (excludes halogenated alkanes) is 3. The van der Waals surface area contributed by atoms with Crippen molar-refractivity contribution in [2.75, 3.05) is 11.9 Å². The lowest BCUT2D eigenvalue weighted by atomic mass is 10.0. The van der Waals surface area contributed by atoms with Gasteiger partial charge in [0.15, 0.2) is 0 Å². The van der Waals surface area contributed by atoms with Crippen LogP contribution in [0.15, 0.2) is 48.5 Å². The van der Waals surface area contributed by atoms with Gasteiger partial charge in [-0.2, -0.15) is 0 Å². The summed E-state index contributed by atoms with van der Waals surface area (Å²) < 4.78 is 0. The number of anilines is 1. The molecule has 0 fully saturated rings. The Balaban J connectivity index is 1.93. The fourth-order valence-corrected chi connectivity index (χ4v) is 3.34. The van der Waals surface area contributed by atoms with Gasteiger partial charge >= 0.3 is 0 Å². The van der Waals surface area contributed by atoms with Gasteiger partial charge in [0.1, 0.15) is 0 Å². The Morgan fingerprint density at radius 2 is 1.68 bits per heavy atom. The molecule has 2 N–H and O–H groups in total. The molecule has 2 nitrogen and oxygen atoms in total. The van der Waals surface area contributed by atoms with E-state index in [2.05, 4.69) is 72.7 Å². The maximum absolute atomic E-state index is 3.67. The summed E-state index contributed by atoms with van der Waals surface area (Å²) in [7, 11) is 0. The fraction of sp³-hybridized carbons (Fsp3) is 0.391. The molecule has 25 heavy (non-hydrogen) atoms. The monoisotopic (exact) mass is 334 g/mol. The van der Waals surface area contributed by atoms with E-state index in [0.29, 0.717) is 0 Å². The van der Waals surface area contributed by atoms with Crippen molar-refractivity contribution in [3.8, 4) is 11.3 Å². The van der Waals surface area contributed by atoms with Crippen molar-refractivity contribution in [3.63, 3.8) is 0 Å². The highest BCUT2D eigenvalue weighted by atomic mass is 14.9. The quantitative estimate of drug-likeness (QED) is 0.415. The minimum Gasteiger partial charge on any atom is -0.383 e. The first-order valence-electron chi connectivity index (χ1n) is 9.76. The van der Waals surface area contributed by atoms with Gasteiger partial charge in [0.2, 0.25) is 0 Å². The highest BCUT2D eigenvalue weighted by molar-refractivity contribution is 5.95. The number of aryl methyl sites for hydroxylation is 1. The van der Waals surface area contributed by atoms with Crippen molar-refractivity contribution in [2.24, 2.45) is 0 Å². The van der Waals surface area contributed by atoms with E-state index >= 15 is 0 Å². The zero-order valence-electron chi connectivity index (χ0n) is 15.6. The number of rotatable bonds is 9. The van der Waals surface area contributed by atoms with Gasteiger partial charge in [0, 0.05) is 17.6 Å². The van der Waals surface area contributed by atoms with E-state index in [1.165, 1.54) is 65.5 Å². The Morgan fingerprint density at radius 3 is 2.44 bits per heavy atom. The molecule has 0 amide bonds. The van der Waals surface area contributed by atoms with Gasteiger partial charge in [0.05, 0.1) is 11.2 Å². The zero-order valence-corrected chi connectivity index (χ0v) is 15.6. The Kier molecular flexibility index (Phi) is 6.16. The van der Waals surface area contributed by atoms with Crippen LogP contribution >= 0.6 is 0 Å². The molecule has 0 atom stereocenters. The molecule has 2 aromatic carbocycles. The van der Waals surface area contributed by atoms with Gasteiger partial charge in [-0.05, 0) is 48.6 Å². The number of aromatic nitrogens is 1. The van der Waals surface area contributed by atoms with E-state index in [4.69, 9.17) is 0 Å². The first-order valence-corrected chi connectivity index (χ1v) is 9.76. The number of benzene rings is 2. The van der Waals surface area contributed by atoms with Crippen LogP contribution in [0.2, 0.25) is 0 Å². The Hall–Kier alpha value is -2.22. The van der Waals surface area contributed by atoms with Crippen LogP contribution in [0.25, 0.3) is 22.2 Å². The fourth-order valence-electron chi connectivity index (χ4n) is 3.34. The Bertz CT molecular complexity index is 786. The van der Waals surface area contributed by atoms with E-state index in [1.807, 2.05) is 0 Å². The lowest BCUT2D eigenvalue weighted by Gasteiger charge is -2.10. The Labute approximate surface area is 151 Å². The minimum absolute atomic E-state index is 1.04. The maximum Gasteiger partial charge on any atom is 0.0694 e. The largest absolute Gasteiger partial charge is 0.383 e. The van der Waals surface area contributed by atoms with E-state index < -0.39 is 0 Å². The van der Waals surface area contributed by atoms with Crippen molar-refractivity contribution in [1.29, 1.82) is 0 Å². The third-order valence-corrected chi connectivity index (χ3v) is 4.79. The van der Waals surface area contributed by atoms with Crippen LogP contribution in [0.1, 0.15) is 51.5 Å². The van der Waals surface area contributed by atoms with Gasteiger partial charge in [0.25, 0.3) is 0 Å². The molecule has 2 heteroatoms. The van der Waals surface area contributed by atoms with E-state index in [1.54, 1.807) is 0 Å². The van der Waals surface area contributed by atoms with Gasteiger partial charge < -0.3 is 10.3 Å². The summed E-state index contributed by atoms with van der Waals surface area (Å²) in [6, 6.07) is 17.6. The first kappa shape index (κ1) is 17.6. The predicted octanol–water partition coefficient (Wildman–Crippen LogP) is 6.78. The third-order valence-electron chi connectivity index (χ3n) is 4.79. The number of aromatic amines is 1. The smallest absolute Gasteiger partial charge is 0.0694 e. The van der Waals surface area contributed by atoms with Crippen LogP contribution < -0.4 is 5.32 Å². The number of fused-ring (bicyclic) bond motifs is 1. The van der Waals surface area contributed by atoms with Crippen molar-refractivity contribution in [3.05, 3.63) is 54.1 Å². The number of nitrogens with one attached hydrogen (secondary N) is 2. The van der Waals surface area contributed by atoms with E-state index in [0.717, 1.165) is 13.0 Å². The summed E-state index contributed by atoms with van der Waals surface area (Å²) in [6.07, 6.45) is 7.40. The van der Waals surface area contributed by atoms with Crippen LogP contribution in [0.4, 0.5) is 5.69 Å². The minimum atomic E-state index is 1.04. The average Bonchev–Trinajstić information content (AvgIpc) is 3.08. The molecule has 0 aliphatic heterocycles. The van der Waals surface area contributed by atoms with Crippen LogP contribution in [-0.2, 0) is 6.42 Å². The maximum atomic E-state index is 3.67. The molecular weight excluding hydrogens is 304 g/mol. The Morgan fingerprint density at radius 1 is 0.880 bits per heavy atom. The summed E-state index contributed by atoms with van der Waals surface area (Å²) in [6.45, 7) is 5.55. The van der Waals surface area contributed by atoms with Crippen LogP contribution in [0, 0.1) is 0 Å². The van der Waals surface area contributed by atoms with Gasteiger partial charge in [-0.3, -0.25) is 0 Å². The first-order chi connectivity index (χ1) is 12.3. The van der Waals surface area contributed by atoms with Crippen molar-refractivity contribution in [2.45, 2.75) is 52.4 Å². The van der Waals surface area contributed by atoms with Crippen LogP contribution in [-0.4, -0.2) is 11.5 Å². The summed E-state index contributed by atoms with van der Waals surface area (Å²) in [4.78, 5) is 3.64. The third kappa shape index (κ3) is 4.45. The topological polar surface area (TPSA) is 27.8 Å². The molecule has 132 valence electrons. The van der Waals surface area contributed by atoms with E-state index in [9.17, 15) is 0 Å². The highest BCUT2D eigenvalue weighted by Gasteiger charge is 2.09. The molecule has 3 rings (SSSR count). The normalized spacial score (nSPS) is 11.1. The second-order valence-electron chi connectivity index (χ2n) is 6.89. The summed E-state index contributed by atoms with van der Waals surface area (Å²) in [5, 5.41) is 4.98. The molecule has 0 spiro atoms. The summed E-state index contributed by atoms with van der Waals surface area (Å²) in [5.74, 6) is 0. The van der Waals surface area contributed by atoms with Crippen molar-refractivity contribution < 1.29 is 0 Å². The van der Waals surface area contributed by atoms with E-state index in [-0.39, 0.29) is 0 Å². The van der Waals surface area contributed by atoms with Crippen molar-refractivity contribution in [1.82, 2.24) is 4.98 Å². The molecule has 0 bridgehead atoms. The lowest BCUT2D eigenvalue weighted by molar-refractivity contribution is 0.744. The van der Waals surface area contributed by atoms with Crippen molar-refractivity contribution >= 4 is 16.6 Å². The molecular formula is C23H30N2. The molecule has 0 saturated carbocycles. The average molecular weight is 335 g/mol.